The number of nitrogens with zero attached hydrogens (tertiary/aromatic N) is 1. The molecular formula is C17H27NO7. The molecule has 1 aromatic carbocycles. The highest BCUT2D eigenvalue weighted by Crippen LogP contribution is 2.17. The van der Waals surface area contributed by atoms with E-state index in [1.807, 2.05) is 0 Å². The number of carbonyl (C=O) groups excluding carboxylic acids is 1. The van der Waals surface area contributed by atoms with Gasteiger partial charge in [-0.2, -0.15) is 0 Å². The molecule has 0 spiro atoms. The molecule has 1 aliphatic carbocycles. The van der Waals surface area contributed by atoms with E-state index < -0.39 is 11.1 Å². The van der Waals surface area contributed by atoms with Gasteiger partial charge in [-0.05, 0) is 12.1 Å². The summed E-state index contributed by atoms with van der Waals surface area (Å²) in [6, 6.07) is 5.10. The molecule has 25 heavy (non-hydrogen) atoms. The molecule has 142 valence electrons. The number of benzene rings is 1. The number of hydrogen-bond donors (Lipinski definition) is 0. The van der Waals surface area contributed by atoms with Crippen LogP contribution in [0.1, 0.15) is 32.1 Å². The number of nitro groups is 1. The van der Waals surface area contributed by atoms with Gasteiger partial charge in [-0.1, -0.05) is 32.1 Å². The Morgan fingerprint density at radius 3 is 1.72 bits per heavy atom. The Morgan fingerprint density at radius 1 is 0.960 bits per heavy atom. The highest BCUT2D eigenvalue weighted by atomic mass is 16.7. The van der Waals surface area contributed by atoms with Crippen molar-refractivity contribution >= 4 is 11.8 Å². The maximum Gasteiger partial charge on any atom is 0.513 e. The average molecular weight is 357 g/mol. The van der Waals surface area contributed by atoms with E-state index in [9.17, 15) is 14.9 Å². The van der Waals surface area contributed by atoms with Crippen LogP contribution < -0.4 is 4.74 Å². The number of carbonyl (C=O) groups is 1. The van der Waals surface area contributed by atoms with E-state index in [4.69, 9.17) is 0 Å². The number of non-ortho nitro benzene ring substituents is 1. The van der Waals surface area contributed by atoms with Crippen molar-refractivity contribution in [2.75, 3.05) is 34.5 Å². The van der Waals surface area contributed by atoms with Crippen molar-refractivity contribution in [1.82, 2.24) is 0 Å². The van der Waals surface area contributed by atoms with Gasteiger partial charge in [-0.3, -0.25) is 10.1 Å². The van der Waals surface area contributed by atoms with E-state index in [1.165, 1.54) is 63.5 Å². The normalized spacial score (nSPS) is 12.1. The Kier molecular flexibility index (Phi) is 14.0. The molecule has 1 aliphatic rings. The zero-order valence-electron chi connectivity index (χ0n) is 15.1. The Balaban J connectivity index is 0.000000429. The maximum absolute atomic E-state index is 10.6. The smallest absolute Gasteiger partial charge is 0.437 e. The van der Waals surface area contributed by atoms with Crippen molar-refractivity contribution in [2.24, 2.45) is 0 Å². The number of hydrogen-bond acceptors (Lipinski definition) is 7. The molecule has 1 fully saturated rings. The quantitative estimate of drug-likeness (QED) is 0.258. The summed E-state index contributed by atoms with van der Waals surface area (Å²) in [6.07, 6.45) is 6.64. The summed E-state index contributed by atoms with van der Waals surface area (Å²) in [5.41, 5.74) is -0.0674. The molecule has 0 unspecified atom stereocenters. The average Bonchev–Trinajstić information content (AvgIpc) is 3.20. The van der Waals surface area contributed by atoms with Gasteiger partial charge in [0.1, 0.15) is 5.75 Å². The summed E-state index contributed by atoms with van der Waals surface area (Å²) in [4.78, 5) is 20.3. The minimum absolute atomic E-state index is 0.0674. The summed E-state index contributed by atoms with van der Waals surface area (Å²) in [6.45, 7) is 1.38. The molecule has 0 radical (unpaired) electrons. The molecular weight excluding hydrogens is 330 g/mol. The summed E-state index contributed by atoms with van der Waals surface area (Å²) in [7, 11) is 4.48. The number of methoxy groups -OCH3 is 3. The van der Waals surface area contributed by atoms with Crippen molar-refractivity contribution in [3.8, 4) is 5.75 Å². The highest BCUT2D eigenvalue weighted by molar-refractivity contribution is 5.63. The van der Waals surface area contributed by atoms with Crippen LogP contribution in [0.4, 0.5) is 10.5 Å². The van der Waals surface area contributed by atoms with E-state index in [1.54, 1.807) is 14.2 Å². The third-order valence-electron chi connectivity index (χ3n) is 3.16. The second-order valence-corrected chi connectivity index (χ2v) is 5.06. The summed E-state index contributed by atoms with van der Waals surface area (Å²) >= 11 is 0. The van der Waals surface area contributed by atoms with Crippen LogP contribution in [0.5, 0.6) is 5.75 Å². The van der Waals surface area contributed by atoms with Crippen molar-refractivity contribution in [3.05, 3.63) is 34.4 Å². The Bertz CT molecular complexity index is 461. The summed E-state index contributed by atoms with van der Waals surface area (Å²) in [5, 5.41) is 10.3. The van der Waals surface area contributed by atoms with Crippen LogP contribution in [0.3, 0.4) is 0 Å². The SMILES string of the molecule is C1CCCC1.COC(=O)Oc1ccc([N+](=O)[O-])cc1.COCCOC. The first-order valence-corrected chi connectivity index (χ1v) is 8.03. The fourth-order valence-corrected chi connectivity index (χ4v) is 1.82. The fraction of sp³-hybridized carbons (Fsp3) is 0.588. The van der Waals surface area contributed by atoms with E-state index in [0.29, 0.717) is 13.2 Å². The molecule has 8 heteroatoms. The fourth-order valence-electron chi connectivity index (χ4n) is 1.82. The van der Waals surface area contributed by atoms with Crippen LogP contribution in [-0.2, 0) is 14.2 Å². The van der Waals surface area contributed by atoms with E-state index in [-0.39, 0.29) is 11.4 Å². The molecule has 0 aliphatic heterocycles. The Hall–Kier alpha value is -2.19. The predicted molar refractivity (Wildman–Crippen MR) is 93.0 cm³/mol. The van der Waals surface area contributed by atoms with Gasteiger partial charge in [0.2, 0.25) is 0 Å². The summed E-state index contributed by atoms with van der Waals surface area (Å²) in [5.74, 6) is 0.197. The zero-order valence-corrected chi connectivity index (χ0v) is 15.1. The minimum Gasteiger partial charge on any atom is -0.437 e. The number of ether oxygens (including phenoxy) is 4. The molecule has 0 heterocycles. The lowest BCUT2D eigenvalue weighted by atomic mass is 10.3. The molecule has 0 bridgehead atoms. The first-order valence-electron chi connectivity index (χ1n) is 8.03. The van der Waals surface area contributed by atoms with Crippen molar-refractivity contribution < 1.29 is 28.7 Å². The topological polar surface area (TPSA) is 97.1 Å². The van der Waals surface area contributed by atoms with Crippen molar-refractivity contribution in [3.63, 3.8) is 0 Å². The Labute approximate surface area is 148 Å². The second-order valence-electron chi connectivity index (χ2n) is 5.06. The van der Waals surface area contributed by atoms with Gasteiger partial charge >= 0.3 is 6.16 Å². The molecule has 2 rings (SSSR count). The van der Waals surface area contributed by atoms with Gasteiger partial charge in [-0.25, -0.2) is 4.79 Å². The molecule has 0 atom stereocenters. The monoisotopic (exact) mass is 357 g/mol. The molecule has 0 N–H and O–H groups in total. The Morgan fingerprint density at radius 2 is 1.40 bits per heavy atom. The van der Waals surface area contributed by atoms with Crippen LogP contribution in [0.15, 0.2) is 24.3 Å². The molecule has 0 amide bonds. The van der Waals surface area contributed by atoms with Crippen LogP contribution in [0, 0.1) is 10.1 Å². The number of rotatable bonds is 5. The second kappa shape index (κ2) is 15.3. The van der Waals surface area contributed by atoms with Gasteiger partial charge in [0.05, 0.1) is 25.2 Å². The lowest BCUT2D eigenvalue weighted by molar-refractivity contribution is -0.384. The third kappa shape index (κ3) is 12.8. The standard InChI is InChI=1S/C8H7NO5.C5H10.C4H10O2/c1-13-8(10)14-7-4-2-6(3-5-7)9(11)12;1-2-4-5-3-1;1-5-3-4-6-2/h2-5H,1H3;1-5H2;3-4H2,1-2H3. The number of nitro benzene ring substituents is 1. The van der Waals surface area contributed by atoms with E-state index >= 15 is 0 Å². The third-order valence-corrected chi connectivity index (χ3v) is 3.16. The van der Waals surface area contributed by atoms with Crippen LogP contribution >= 0.6 is 0 Å². The first-order chi connectivity index (χ1) is 12.0. The molecule has 0 saturated heterocycles. The predicted octanol–water partition coefficient (Wildman–Crippen LogP) is 3.97. The van der Waals surface area contributed by atoms with Crippen LogP contribution in [-0.4, -0.2) is 45.6 Å². The molecule has 8 nitrogen and oxygen atoms in total. The van der Waals surface area contributed by atoms with Crippen molar-refractivity contribution in [2.45, 2.75) is 32.1 Å². The highest BCUT2D eigenvalue weighted by Gasteiger charge is 2.07. The van der Waals surface area contributed by atoms with Gasteiger partial charge in [0.25, 0.3) is 5.69 Å². The van der Waals surface area contributed by atoms with Gasteiger partial charge in [0.15, 0.2) is 0 Å². The van der Waals surface area contributed by atoms with Crippen molar-refractivity contribution in [1.29, 1.82) is 0 Å². The molecule has 1 saturated carbocycles. The van der Waals surface area contributed by atoms with E-state index in [0.717, 1.165) is 0 Å². The van der Waals surface area contributed by atoms with Crippen LogP contribution in [0.25, 0.3) is 0 Å². The first kappa shape index (κ1) is 22.8. The minimum atomic E-state index is -0.862. The van der Waals surface area contributed by atoms with Gasteiger partial charge in [0, 0.05) is 26.4 Å². The summed E-state index contributed by atoms with van der Waals surface area (Å²) < 4.78 is 18.2. The van der Waals surface area contributed by atoms with Gasteiger partial charge < -0.3 is 18.9 Å². The maximum atomic E-state index is 10.6. The zero-order chi connectivity index (χ0) is 18.9. The molecule has 1 aromatic rings. The van der Waals surface area contributed by atoms with E-state index in [2.05, 4.69) is 18.9 Å². The largest absolute Gasteiger partial charge is 0.513 e. The van der Waals surface area contributed by atoms with Crippen LogP contribution in [0.2, 0.25) is 0 Å². The van der Waals surface area contributed by atoms with Gasteiger partial charge in [-0.15, -0.1) is 0 Å². The lowest BCUT2D eigenvalue weighted by Gasteiger charge is -2.00. The lowest BCUT2D eigenvalue weighted by Crippen LogP contribution is -2.06. The molecule has 0 aromatic heterocycles.